The van der Waals surface area contributed by atoms with Crippen LogP contribution < -0.4 is 10.1 Å². The molecule has 0 aliphatic heterocycles. The lowest BCUT2D eigenvalue weighted by Gasteiger charge is -2.27. The van der Waals surface area contributed by atoms with Gasteiger partial charge in [0.15, 0.2) is 0 Å². The van der Waals surface area contributed by atoms with Crippen molar-refractivity contribution in [3.63, 3.8) is 0 Å². The van der Waals surface area contributed by atoms with Crippen molar-refractivity contribution in [3.8, 4) is 5.75 Å². The van der Waals surface area contributed by atoms with Gasteiger partial charge in [0.1, 0.15) is 5.75 Å². The first-order chi connectivity index (χ1) is 9.28. The maximum absolute atomic E-state index is 5.68. The number of rotatable bonds is 6. The molecule has 0 amide bonds. The van der Waals surface area contributed by atoms with Crippen molar-refractivity contribution in [2.45, 2.75) is 58.5 Å². The smallest absolute Gasteiger partial charge is 0.119 e. The molecular weight excluding hydrogens is 234 g/mol. The third-order valence-electron chi connectivity index (χ3n) is 3.90. The summed E-state index contributed by atoms with van der Waals surface area (Å²) in [6.07, 6.45) is 6.49. The average Bonchev–Trinajstić information content (AvgIpc) is 2.43. The van der Waals surface area contributed by atoms with E-state index < -0.39 is 0 Å². The Balaban J connectivity index is 1.81. The Bertz CT molecular complexity index is 377. The first-order valence-electron chi connectivity index (χ1n) is 7.73. The molecule has 2 rings (SSSR count). The Morgan fingerprint density at radius 1 is 1.32 bits per heavy atom. The minimum atomic E-state index is 0.698. The summed E-state index contributed by atoms with van der Waals surface area (Å²) < 4.78 is 5.68. The van der Waals surface area contributed by atoms with Gasteiger partial charge in [-0.15, -0.1) is 0 Å². The Hall–Kier alpha value is -1.02. The van der Waals surface area contributed by atoms with Crippen LogP contribution in [0.25, 0.3) is 0 Å². The van der Waals surface area contributed by atoms with Crippen LogP contribution in [0.15, 0.2) is 24.3 Å². The molecular formula is C17H27NO. The molecule has 1 fully saturated rings. The molecule has 19 heavy (non-hydrogen) atoms. The molecule has 1 aliphatic rings. The highest BCUT2D eigenvalue weighted by Crippen LogP contribution is 2.24. The van der Waals surface area contributed by atoms with Crippen LogP contribution in [0.1, 0.15) is 51.5 Å². The van der Waals surface area contributed by atoms with E-state index >= 15 is 0 Å². The molecule has 0 bridgehead atoms. The van der Waals surface area contributed by atoms with E-state index in [-0.39, 0.29) is 0 Å². The quantitative estimate of drug-likeness (QED) is 0.831. The molecule has 0 saturated heterocycles. The van der Waals surface area contributed by atoms with Crippen molar-refractivity contribution in [3.05, 3.63) is 29.8 Å². The first kappa shape index (κ1) is 14.4. The Morgan fingerprint density at radius 3 is 3.00 bits per heavy atom. The Morgan fingerprint density at radius 2 is 2.21 bits per heavy atom. The van der Waals surface area contributed by atoms with E-state index in [0.29, 0.717) is 6.04 Å². The number of ether oxygens (including phenoxy) is 1. The fraction of sp³-hybridized carbons (Fsp3) is 0.647. The van der Waals surface area contributed by atoms with E-state index in [2.05, 4.69) is 37.4 Å². The van der Waals surface area contributed by atoms with Gasteiger partial charge in [0.25, 0.3) is 0 Å². The second kappa shape index (κ2) is 7.54. The third kappa shape index (κ3) is 4.87. The lowest BCUT2D eigenvalue weighted by molar-refractivity contribution is 0.299. The predicted molar refractivity (Wildman–Crippen MR) is 80.5 cm³/mol. The number of benzene rings is 1. The number of nitrogens with one attached hydrogen (secondary N) is 1. The minimum Gasteiger partial charge on any atom is -0.494 e. The van der Waals surface area contributed by atoms with Gasteiger partial charge in [-0.3, -0.25) is 0 Å². The van der Waals surface area contributed by atoms with Crippen molar-refractivity contribution in [1.82, 2.24) is 5.32 Å². The highest BCUT2D eigenvalue weighted by molar-refractivity contribution is 5.28. The van der Waals surface area contributed by atoms with Crippen molar-refractivity contribution >= 4 is 0 Å². The second-order valence-corrected chi connectivity index (χ2v) is 5.85. The van der Waals surface area contributed by atoms with Gasteiger partial charge in [0, 0.05) is 12.6 Å². The molecule has 0 heterocycles. The summed E-state index contributed by atoms with van der Waals surface area (Å²) >= 11 is 0. The van der Waals surface area contributed by atoms with Crippen molar-refractivity contribution < 1.29 is 4.74 Å². The summed E-state index contributed by atoms with van der Waals surface area (Å²) in [5.74, 6) is 1.88. The van der Waals surface area contributed by atoms with Gasteiger partial charge >= 0.3 is 0 Å². The fourth-order valence-corrected chi connectivity index (χ4v) is 2.85. The van der Waals surface area contributed by atoms with E-state index in [1.165, 1.54) is 31.2 Å². The molecule has 0 spiro atoms. The van der Waals surface area contributed by atoms with Crippen LogP contribution >= 0.6 is 0 Å². The number of hydrogen-bond donors (Lipinski definition) is 1. The van der Waals surface area contributed by atoms with Gasteiger partial charge in [-0.2, -0.15) is 0 Å². The summed E-state index contributed by atoms with van der Waals surface area (Å²) in [4.78, 5) is 0. The maximum atomic E-state index is 5.68. The lowest BCUT2D eigenvalue weighted by Crippen LogP contribution is -2.33. The predicted octanol–water partition coefficient (Wildman–Crippen LogP) is 4.14. The van der Waals surface area contributed by atoms with Crippen LogP contribution in [0.5, 0.6) is 5.75 Å². The summed E-state index contributed by atoms with van der Waals surface area (Å²) in [6.45, 7) is 6.26. The fourth-order valence-electron chi connectivity index (χ4n) is 2.85. The zero-order valence-corrected chi connectivity index (χ0v) is 12.3. The molecule has 1 aromatic rings. The van der Waals surface area contributed by atoms with Crippen LogP contribution in [0.4, 0.5) is 0 Å². The van der Waals surface area contributed by atoms with E-state index in [1.807, 2.05) is 6.07 Å². The molecule has 0 aromatic heterocycles. The van der Waals surface area contributed by atoms with Gasteiger partial charge in [-0.1, -0.05) is 38.8 Å². The van der Waals surface area contributed by atoms with Gasteiger partial charge in [0.2, 0.25) is 0 Å². The topological polar surface area (TPSA) is 21.3 Å². The van der Waals surface area contributed by atoms with Crippen LogP contribution in [0.2, 0.25) is 0 Å². The monoisotopic (exact) mass is 261 g/mol. The zero-order valence-electron chi connectivity index (χ0n) is 12.3. The average molecular weight is 261 g/mol. The summed E-state index contributed by atoms with van der Waals surface area (Å²) in [7, 11) is 0. The van der Waals surface area contributed by atoms with Gasteiger partial charge < -0.3 is 10.1 Å². The summed E-state index contributed by atoms with van der Waals surface area (Å²) in [5.41, 5.74) is 1.33. The molecule has 106 valence electrons. The highest BCUT2D eigenvalue weighted by atomic mass is 16.5. The highest BCUT2D eigenvalue weighted by Gasteiger charge is 2.17. The molecule has 1 saturated carbocycles. The Kier molecular flexibility index (Phi) is 5.71. The van der Waals surface area contributed by atoms with Crippen molar-refractivity contribution in [1.29, 1.82) is 0 Å². The third-order valence-corrected chi connectivity index (χ3v) is 3.90. The van der Waals surface area contributed by atoms with Crippen LogP contribution in [0.3, 0.4) is 0 Å². The summed E-state index contributed by atoms with van der Waals surface area (Å²) in [5, 5.41) is 3.70. The molecule has 2 atom stereocenters. The molecule has 2 heteroatoms. The van der Waals surface area contributed by atoms with Crippen LogP contribution in [0, 0.1) is 5.92 Å². The maximum Gasteiger partial charge on any atom is 0.119 e. The van der Waals surface area contributed by atoms with E-state index in [0.717, 1.165) is 31.2 Å². The van der Waals surface area contributed by atoms with Crippen LogP contribution in [-0.4, -0.2) is 12.6 Å². The molecule has 2 unspecified atom stereocenters. The van der Waals surface area contributed by atoms with E-state index in [1.54, 1.807) is 0 Å². The first-order valence-corrected chi connectivity index (χ1v) is 7.73. The van der Waals surface area contributed by atoms with E-state index in [4.69, 9.17) is 4.74 Å². The van der Waals surface area contributed by atoms with Gasteiger partial charge in [-0.25, -0.2) is 0 Å². The number of hydrogen-bond acceptors (Lipinski definition) is 2. The molecule has 2 nitrogen and oxygen atoms in total. The molecule has 1 aromatic carbocycles. The lowest BCUT2D eigenvalue weighted by atomic mass is 9.87. The van der Waals surface area contributed by atoms with Crippen molar-refractivity contribution in [2.75, 3.05) is 6.61 Å². The largest absolute Gasteiger partial charge is 0.494 e. The summed E-state index contributed by atoms with van der Waals surface area (Å²) in [6, 6.07) is 9.17. The van der Waals surface area contributed by atoms with Crippen LogP contribution in [-0.2, 0) is 6.54 Å². The van der Waals surface area contributed by atoms with Crippen molar-refractivity contribution in [2.24, 2.45) is 5.92 Å². The standard InChI is InChI=1S/C17H27NO/c1-3-10-19-17-9-5-7-15(12-17)13-18-16-8-4-6-14(2)11-16/h5,7,9,12,14,16,18H,3-4,6,8,10-11,13H2,1-2H3. The minimum absolute atomic E-state index is 0.698. The van der Waals surface area contributed by atoms with Gasteiger partial charge in [0.05, 0.1) is 6.61 Å². The second-order valence-electron chi connectivity index (χ2n) is 5.85. The molecule has 0 radical (unpaired) electrons. The zero-order chi connectivity index (χ0) is 13.5. The molecule has 1 aliphatic carbocycles. The normalized spacial score (nSPS) is 23.3. The Labute approximate surface area is 117 Å². The van der Waals surface area contributed by atoms with Gasteiger partial charge in [-0.05, 0) is 42.9 Å². The molecule has 1 N–H and O–H groups in total. The van der Waals surface area contributed by atoms with E-state index in [9.17, 15) is 0 Å². The SMILES string of the molecule is CCCOc1cccc(CNC2CCCC(C)C2)c1.